The molecular weight excluding hydrogens is 449 g/mol. The zero-order valence-corrected chi connectivity index (χ0v) is 17.8. The van der Waals surface area contributed by atoms with E-state index in [0.29, 0.717) is 23.5 Å². The van der Waals surface area contributed by atoms with Crippen LogP contribution in [0.15, 0.2) is 54.6 Å². The molecule has 0 fully saturated rings. The molecule has 0 saturated carbocycles. The van der Waals surface area contributed by atoms with Gasteiger partial charge in [0.2, 0.25) is 0 Å². The van der Waals surface area contributed by atoms with E-state index in [1.807, 2.05) is 0 Å². The molecule has 32 heavy (non-hydrogen) atoms. The maximum Gasteiger partial charge on any atom is 0.416 e. The second kappa shape index (κ2) is 9.35. The first-order valence-corrected chi connectivity index (χ1v) is 9.62. The average Bonchev–Trinajstić information content (AvgIpc) is 2.75. The van der Waals surface area contributed by atoms with E-state index in [-0.39, 0.29) is 22.1 Å². The lowest BCUT2D eigenvalue weighted by Crippen LogP contribution is -2.05. The molecule has 0 unspecified atom stereocenters. The highest BCUT2D eigenvalue weighted by Crippen LogP contribution is 2.37. The first-order valence-electron chi connectivity index (χ1n) is 9.24. The molecule has 3 aromatic rings. The summed E-state index contributed by atoms with van der Waals surface area (Å²) in [6, 6.07) is 12.6. The van der Waals surface area contributed by atoms with Crippen molar-refractivity contribution in [3.63, 3.8) is 0 Å². The molecule has 0 aliphatic carbocycles. The molecule has 0 aliphatic heterocycles. The fourth-order valence-electron chi connectivity index (χ4n) is 3.10. The molecule has 168 valence electrons. The molecule has 0 atom stereocenters. The Labute approximate surface area is 186 Å². The van der Waals surface area contributed by atoms with E-state index in [9.17, 15) is 23.3 Å². The van der Waals surface area contributed by atoms with Gasteiger partial charge < -0.3 is 14.8 Å². The summed E-state index contributed by atoms with van der Waals surface area (Å²) >= 11 is 5.96. The van der Waals surface area contributed by atoms with Crippen LogP contribution in [-0.2, 0) is 12.6 Å². The molecule has 1 N–H and O–H groups in total. The molecule has 0 spiro atoms. The van der Waals surface area contributed by atoms with Crippen LogP contribution in [-0.4, -0.2) is 19.1 Å². The van der Waals surface area contributed by atoms with Crippen molar-refractivity contribution in [2.75, 3.05) is 19.5 Å². The molecule has 10 heteroatoms. The lowest BCUT2D eigenvalue weighted by Gasteiger charge is -2.13. The highest BCUT2D eigenvalue weighted by molar-refractivity contribution is 6.33. The Kier molecular flexibility index (Phi) is 6.78. The van der Waals surface area contributed by atoms with Crippen LogP contribution in [0.3, 0.4) is 0 Å². The van der Waals surface area contributed by atoms with Gasteiger partial charge in [-0.2, -0.15) is 13.2 Å². The predicted molar refractivity (Wildman–Crippen MR) is 115 cm³/mol. The molecule has 3 aromatic carbocycles. The number of benzene rings is 3. The smallest absolute Gasteiger partial charge is 0.416 e. The van der Waals surface area contributed by atoms with Crippen molar-refractivity contribution in [3.8, 4) is 11.5 Å². The minimum atomic E-state index is -4.54. The molecule has 0 saturated heterocycles. The molecule has 3 rings (SSSR count). The Bertz CT molecular complexity index is 1150. The van der Waals surface area contributed by atoms with Crippen molar-refractivity contribution < 1.29 is 27.6 Å². The second-order valence-electron chi connectivity index (χ2n) is 6.78. The van der Waals surface area contributed by atoms with E-state index >= 15 is 0 Å². The molecular formula is C22H18ClF3N2O4. The minimum Gasteiger partial charge on any atom is -0.497 e. The summed E-state index contributed by atoms with van der Waals surface area (Å²) in [6.07, 6.45) is -4.19. The van der Waals surface area contributed by atoms with Gasteiger partial charge in [0.1, 0.15) is 17.2 Å². The summed E-state index contributed by atoms with van der Waals surface area (Å²) in [5.41, 5.74) is 0.505. The Balaban J connectivity index is 1.90. The first-order chi connectivity index (χ1) is 15.1. The molecule has 6 nitrogen and oxygen atoms in total. The van der Waals surface area contributed by atoms with Gasteiger partial charge in [-0.05, 0) is 41.5 Å². The van der Waals surface area contributed by atoms with Gasteiger partial charge in [-0.1, -0.05) is 23.7 Å². The number of nitro groups is 1. The van der Waals surface area contributed by atoms with Gasteiger partial charge in [-0.3, -0.25) is 10.1 Å². The third kappa shape index (κ3) is 5.23. The van der Waals surface area contributed by atoms with Crippen LogP contribution in [0.5, 0.6) is 11.5 Å². The third-order valence-corrected chi connectivity index (χ3v) is 5.03. The van der Waals surface area contributed by atoms with Crippen molar-refractivity contribution in [1.82, 2.24) is 0 Å². The summed E-state index contributed by atoms with van der Waals surface area (Å²) in [4.78, 5) is 11.1. The quantitative estimate of drug-likeness (QED) is 0.313. The Morgan fingerprint density at radius 1 is 1.00 bits per heavy atom. The van der Waals surface area contributed by atoms with Crippen LogP contribution >= 0.6 is 11.6 Å². The SMILES string of the molecule is COc1ccc(Cc2ccc(Nc3ccc(C(F)(F)F)cc3Cl)c([N+](=O)[O-])c2)c(OC)c1. The highest BCUT2D eigenvalue weighted by Gasteiger charge is 2.31. The topological polar surface area (TPSA) is 73.6 Å². The lowest BCUT2D eigenvalue weighted by atomic mass is 10.0. The van der Waals surface area contributed by atoms with E-state index in [1.165, 1.54) is 26.4 Å². The van der Waals surface area contributed by atoms with Gasteiger partial charge in [-0.25, -0.2) is 0 Å². The molecule has 0 amide bonds. The van der Waals surface area contributed by atoms with Gasteiger partial charge in [-0.15, -0.1) is 0 Å². The molecule has 0 aromatic heterocycles. The van der Waals surface area contributed by atoms with Gasteiger partial charge in [0.25, 0.3) is 5.69 Å². The number of nitrogens with zero attached hydrogens (tertiary/aromatic N) is 1. The van der Waals surface area contributed by atoms with Crippen LogP contribution in [0.1, 0.15) is 16.7 Å². The molecule has 0 bridgehead atoms. The number of alkyl halides is 3. The van der Waals surface area contributed by atoms with Gasteiger partial charge in [0.15, 0.2) is 0 Å². The maximum absolute atomic E-state index is 12.8. The minimum absolute atomic E-state index is 0.0992. The number of ether oxygens (including phenoxy) is 2. The number of nitro benzene ring substituents is 1. The number of hydrogen-bond donors (Lipinski definition) is 1. The van der Waals surface area contributed by atoms with Crippen molar-refractivity contribution >= 4 is 28.7 Å². The summed E-state index contributed by atoms with van der Waals surface area (Å²) in [5.74, 6) is 1.19. The zero-order valence-electron chi connectivity index (χ0n) is 17.0. The van der Waals surface area contributed by atoms with Crippen LogP contribution in [0.2, 0.25) is 5.02 Å². The average molecular weight is 467 g/mol. The monoisotopic (exact) mass is 466 g/mol. The fraction of sp³-hybridized carbons (Fsp3) is 0.182. The van der Waals surface area contributed by atoms with Gasteiger partial charge in [0, 0.05) is 18.6 Å². The summed E-state index contributed by atoms with van der Waals surface area (Å²) in [6.45, 7) is 0. The van der Waals surface area contributed by atoms with E-state index in [2.05, 4.69) is 5.32 Å². The van der Waals surface area contributed by atoms with Gasteiger partial charge >= 0.3 is 6.18 Å². The standard InChI is InChI=1S/C22H18ClF3N2O4/c1-31-16-6-4-14(21(12-16)32-2)9-13-3-7-19(20(10-13)28(29)30)27-18-8-5-15(11-17(18)23)22(24,25)26/h3-8,10-12,27H,9H2,1-2H3. The predicted octanol–water partition coefficient (Wildman–Crippen LogP) is 6.62. The molecule has 0 heterocycles. The summed E-state index contributed by atoms with van der Waals surface area (Å²) in [7, 11) is 3.05. The molecule has 0 aliphatic rings. The van der Waals surface area contributed by atoms with Crippen molar-refractivity contribution in [3.05, 3.63) is 86.4 Å². The lowest BCUT2D eigenvalue weighted by molar-refractivity contribution is -0.384. The number of rotatable bonds is 7. The Morgan fingerprint density at radius 2 is 1.72 bits per heavy atom. The number of nitrogens with one attached hydrogen (secondary N) is 1. The zero-order chi connectivity index (χ0) is 23.5. The van der Waals surface area contributed by atoms with Crippen LogP contribution in [0.4, 0.5) is 30.2 Å². The largest absolute Gasteiger partial charge is 0.497 e. The van der Waals surface area contributed by atoms with E-state index < -0.39 is 16.7 Å². The second-order valence-corrected chi connectivity index (χ2v) is 7.19. The maximum atomic E-state index is 12.8. The summed E-state index contributed by atoms with van der Waals surface area (Å²) < 4.78 is 49.0. The van der Waals surface area contributed by atoms with Crippen LogP contribution in [0.25, 0.3) is 0 Å². The van der Waals surface area contributed by atoms with Crippen LogP contribution in [0, 0.1) is 10.1 Å². The Hall–Kier alpha value is -3.46. The fourth-order valence-corrected chi connectivity index (χ4v) is 3.33. The van der Waals surface area contributed by atoms with E-state index in [4.69, 9.17) is 21.1 Å². The molecule has 0 radical (unpaired) electrons. The number of anilines is 2. The van der Waals surface area contributed by atoms with Gasteiger partial charge in [0.05, 0.1) is 35.4 Å². The van der Waals surface area contributed by atoms with E-state index in [1.54, 1.807) is 24.3 Å². The highest BCUT2D eigenvalue weighted by atomic mass is 35.5. The normalized spacial score (nSPS) is 11.2. The number of halogens is 4. The van der Waals surface area contributed by atoms with Crippen molar-refractivity contribution in [1.29, 1.82) is 0 Å². The van der Waals surface area contributed by atoms with E-state index in [0.717, 1.165) is 23.8 Å². The number of hydrogen-bond acceptors (Lipinski definition) is 5. The summed E-state index contributed by atoms with van der Waals surface area (Å²) in [5, 5.41) is 14.2. The Morgan fingerprint density at radius 3 is 2.31 bits per heavy atom. The van der Waals surface area contributed by atoms with Crippen molar-refractivity contribution in [2.24, 2.45) is 0 Å². The van der Waals surface area contributed by atoms with Crippen LogP contribution < -0.4 is 14.8 Å². The third-order valence-electron chi connectivity index (χ3n) is 4.71. The van der Waals surface area contributed by atoms with Crippen molar-refractivity contribution in [2.45, 2.75) is 12.6 Å². The number of methoxy groups -OCH3 is 2. The first kappa shape index (κ1) is 23.2.